The van der Waals surface area contributed by atoms with Crippen LogP contribution in [0.3, 0.4) is 0 Å². The van der Waals surface area contributed by atoms with Gasteiger partial charge in [-0.05, 0) is 52.0 Å². The van der Waals surface area contributed by atoms with Gasteiger partial charge in [-0.3, -0.25) is 0 Å². The van der Waals surface area contributed by atoms with Crippen molar-refractivity contribution in [3.8, 4) is 0 Å². The summed E-state index contributed by atoms with van der Waals surface area (Å²) in [6.45, 7) is 10.5. The normalized spacial score (nSPS) is 28.6. The van der Waals surface area contributed by atoms with Crippen molar-refractivity contribution in [3.05, 3.63) is 60.7 Å². The van der Waals surface area contributed by atoms with Crippen LogP contribution in [-0.4, -0.2) is 44.9 Å². The van der Waals surface area contributed by atoms with Crippen molar-refractivity contribution < 1.29 is 18.6 Å². The van der Waals surface area contributed by atoms with Gasteiger partial charge in [-0.2, -0.15) is 0 Å². The maximum atomic E-state index is 6.61. The Morgan fingerprint density at radius 2 is 1.45 bits per heavy atom. The second kappa shape index (κ2) is 8.22. The summed E-state index contributed by atoms with van der Waals surface area (Å²) >= 11 is 0. The zero-order valence-electron chi connectivity index (χ0n) is 17.9. The summed E-state index contributed by atoms with van der Waals surface area (Å²) in [5.41, 5.74) is 0. The first-order chi connectivity index (χ1) is 13.7. The zero-order chi connectivity index (χ0) is 20.6. The van der Waals surface area contributed by atoms with Crippen molar-refractivity contribution in [2.24, 2.45) is 0 Å². The van der Waals surface area contributed by atoms with Crippen molar-refractivity contribution in [1.82, 2.24) is 0 Å². The second-order valence-electron chi connectivity index (χ2n) is 9.12. The van der Waals surface area contributed by atoms with Gasteiger partial charge >= 0.3 is 0 Å². The molecule has 156 valence electrons. The standard InChI is InChI=1S/C23H31O4PSi/c1-23(2)25-21-20(27-29(3,4)5)19(24-22(21)26-23)16-28(17-12-8-6-9-13-17)18-14-10-7-11-15-18/h6-15,19-22H,16H2,1-5H3. The lowest BCUT2D eigenvalue weighted by molar-refractivity contribution is -0.210. The predicted octanol–water partition coefficient (Wildman–Crippen LogP) is 4.22. The van der Waals surface area contributed by atoms with E-state index in [1.807, 2.05) is 13.8 Å². The van der Waals surface area contributed by atoms with Gasteiger partial charge in [0, 0.05) is 6.16 Å². The fourth-order valence-corrected chi connectivity index (χ4v) is 7.54. The lowest BCUT2D eigenvalue weighted by atomic mass is 10.1. The number of fused-ring (bicyclic) bond motifs is 1. The molecule has 2 aliphatic heterocycles. The summed E-state index contributed by atoms with van der Waals surface area (Å²) in [5.74, 6) is -0.634. The molecule has 2 fully saturated rings. The van der Waals surface area contributed by atoms with Gasteiger partial charge < -0.3 is 18.6 Å². The molecule has 4 nitrogen and oxygen atoms in total. The van der Waals surface area contributed by atoms with Crippen LogP contribution in [0.1, 0.15) is 13.8 Å². The highest BCUT2D eigenvalue weighted by molar-refractivity contribution is 7.73. The quantitative estimate of drug-likeness (QED) is 0.508. The first-order valence-corrected chi connectivity index (χ1v) is 15.2. The van der Waals surface area contributed by atoms with Gasteiger partial charge in [0.25, 0.3) is 0 Å². The molecule has 6 heteroatoms. The third kappa shape index (κ3) is 4.99. The van der Waals surface area contributed by atoms with Gasteiger partial charge in [-0.1, -0.05) is 60.7 Å². The molecule has 0 saturated carbocycles. The SMILES string of the molecule is CC1(C)OC2OC(CP(c3ccccc3)c3ccccc3)C(O[Si](C)(C)C)C2O1. The minimum atomic E-state index is -1.79. The first kappa shape index (κ1) is 21.2. The maximum absolute atomic E-state index is 6.61. The predicted molar refractivity (Wildman–Crippen MR) is 121 cm³/mol. The van der Waals surface area contributed by atoms with Crippen LogP contribution in [0.15, 0.2) is 60.7 Å². The molecule has 4 atom stereocenters. The van der Waals surface area contributed by atoms with Crippen LogP contribution >= 0.6 is 7.92 Å². The summed E-state index contributed by atoms with van der Waals surface area (Å²) < 4.78 is 25.3. The summed E-state index contributed by atoms with van der Waals surface area (Å²) in [5, 5.41) is 2.70. The molecule has 2 heterocycles. The van der Waals surface area contributed by atoms with E-state index in [9.17, 15) is 0 Å². The van der Waals surface area contributed by atoms with Crippen LogP contribution in [0.4, 0.5) is 0 Å². The van der Waals surface area contributed by atoms with Gasteiger partial charge in [0.1, 0.15) is 12.2 Å². The van der Waals surface area contributed by atoms with E-state index in [4.69, 9.17) is 18.6 Å². The summed E-state index contributed by atoms with van der Waals surface area (Å²) in [6.07, 6.45) is 0.189. The van der Waals surface area contributed by atoms with E-state index in [0.717, 1.165) is 6.16 Å². The summed E-state index contributed by atoms with van der Waals surface area (Å²) in [7, 11) is -2.36. The zero-order valence-corrected chi connectivity index (χ0v) is 19.8. The van der Waals surface area contributed by atoms with Crippen molar-refractivity contribution >= 4 is 26.8 Å². The Morgan fingerprint density at radius 1 is 0.897 bits per heavy atom. The maximum Gasteiger partial charge on any atom is 0.190 e. The van der Waals surface area contributed by atoms with E-state index < -0.39 is 22.0 Å². The van der Waals surface area contributed by atoms with E-state index in [2.05, 4.69) is 80.3 Å². The molecule has 2 aliphatic rings. The fraction of sp³-hybridized carbons (Fsp3) is 0.478. The lowest BCUT2D eigenvalue weighted by Gasteiger charge is -2.32. The van der Waals surface area contributed by atoms with E-state index in [-0.39, 0.29) is 24.6 Å². The van der Waals surface area contributed by atoms with E-state index in [1.165, 1.54) is 10.6 Å². The average Bonchev–Trinajstić information content (AvgIpc) is 3.12. The van der Waals surface area contributed by atoms with Crippen molar-refractivity contribution in [1.29, 1.82) is 0 Å². The van der Waals surface area contributed by atoms with Gasteiger partial charge in [0.2, 0.25) is 0 Å². The lowest BCUT2D eigenvalue weighted by Crippen LogP contribution is -2.45. The largest absolute Gasteiger partial charge is 0.409 e. The highest BCUT2D eigenvalue weighted by atomic mass is 31.1. The number of hydrogen-bond acceptors (Lipinski definition) is 4. The number of rotatable bonds is 6. The Labute approximate surface area is 176 Å². The molecular formula is C23H31O4PSi. The molecule has 0 N–H and O–H groups in total. The molecule has 0 aromatic heterocycles. The van der Waals surface area contributed by atoms with Crippen molar-refractivity contribution in [2.75, 3.05) is 6.16 Å². The molecule has 2 aromatic carbocycles. The van der Waals surface area contributed by atoms with Gasteiger partial charge in [0.15, 0.2) is 20.4 Å². The second-order valence-corrected chi connectivity index (χ2v) is 15.8. The highest BCUT2D eigenvalue weighted by Gasteiger charge is 2.56. The Morgan fingerprint density at radius 3 is 1.97 bits per heavy atom. The van der Waals surface area contributed by atoms with Crippen molar-refractivity contribution in [3.63, 3.8) is 0 Å². The Hall–Kier alpha value is -1.07. The average molecular weight is 431 g/mol. The van der Waals surface area contributed by atoms with Crippen LogP contribution in [0.25, 0.3) is 0 Å². The molecule has 2 aromatic rings. The van der Waals surface area contributed by atoms with Crippen LogP contribution < -0.4 is 10.6 Å². The minimum Gasteiger partial charge on any atom is -0.409 e. The number of ether oxygens (including phenoxy) is 3. The topological polar surface area (TPSA) is 36.9 Å². The minimum absolute atomic E-state index is 0.0562. The van der Waals surface area contributed by atoms with Gasteiger partial charge in [-0.25, -0.2) is 0 Å². The van der Waals surface area contributed by atoms with E-state index in [0.29, 0.717) is 0 Å². The Kier molecular flexibility index (Phi) is 6.00. The van der Waals surface area contributed by atoms with Gasteiger partial charge in [-0.15, -0.1) is 0 Å². The Bertz CT molecular complexity index is 769. The molecule has 2 saturated heterocycles. The summed E-state index contributed by atoms with van der Waals surface area (Å²) in [6, 6.07) is 21.5. The number of hydrogen-bond donors (Lipinski definition) is 0. The molecule has 29 heavy (non-hydrogen) atoms. The molecule has 4 rings (SSSR count). The smallest absolute Gasteiger partial charge is 0.190 e. The fourth-order valence-electron chi connectivity index (χ4n) is 4.00. The van der Waals surface area contributed by atoms with Crippen LogP contribution in [-0.2, 0) is 18.6 Å². The number of benzene rings is 2. The van der Waals surface area contributed by atoms with Crippen LogP contribution in [0.2, 0.25) is 19.6 Å². The molecular weight excluding hydrogens is 399 g/mol. The molecule has 0 amide bonds. The highest BCUT2D eigenvalue weighted by Crippen LogP contribution is 2.44. The third-order valence-corrected chi connectivity index (χ3v) is 8.62. The third-order valence-electron chi connectivity index (χ3n) is 5.08. The van der Waals surface area contributed by atoms with Crippen LogP contribution in [0.5, 0.6) is 0 Å². The Balaban J connectivity index is 1.62. The molecule has 0 radical (unpaired) electrons. The van der Waals surface area contributed by atoms with E-state index in [1.54, 1.807) is 0 Å². The van der Waals surface area contributed by atoms with Crippen molar-refractivity contribution in [2.45, 2.75) is 63.9 Å². The van der Waals surface area contributed by atoms with Crippen LogP contribution in [0, 0.1) is 0 Å². The molecule has 0 aliphatic carbocycles. The molecule has 4 unspecified atom stereocenters. The van der Waals surface area contributed by atoms with E-state index >= 15 is 0 Å². The molecule has 0 spiro atoms. The van der Waals surface area contributed by atoms with Gasteiger partial charge in [0.05, 0.1) is 6.10 Å². The monoisotopic (exact) mass is 430 g/mol. The first-order valence-electron chi connectivity index (χ1n) is 10.3. The summed E-state index contributed by atoms with van der Waals surface area (Å²) in [4.78, 5) is 0. The molecule has 0 bridgehead atoms.